The minimum absolute atomic E-state index is 0.0212. The molecule has 2 rings (SSSR count). The van der Waals surface area contributed by atoms with Gasteiger partial charge in [0.25, 0.3) is 10.0 Å². The van der Waals surface area contributed by atoms with E-state index in [1.54, 1.807) is 17.4 Å². The molecule has 2 aromatic rings. The quantitative estimate of drug-likeness (QED) is 0.885. The Kier molecular flexibility index (Phi) is 4.88. The summed E-state index contributed by atoms with van der Waals surface area (Å²) in [4.78, 5) is 2.59. The van der Waals surface area contributed by atoms with Crippen molar-refractivity contribution in [3.05, 3.63) is 39.3 Å². The number of sulfonamides is 1. The van der Waals surface area contributed by atoms with Crippen molar-refractivity contribution in [2.24, 2.45) is 0 Å². The number of aryl methyl sites for hydroxylation is 2. The molecule has 0 atom stereocenters. The lowest BCUT2D eigenvalue weighted by Crippen LogP contribution is -2.21. The molecular formula is C14H20N2O3S2. The lowest BCUT2D eigenvalue weighted by molar-refractivity contribution is 0.389. The highest BCUT2D eigenvalue weighted by Gasteiger charge is 2.21. The minimum Gasteiger partial charge on any atom is -0.447 e. The van der Waals surface area contributed by atoms with Crippen molar-refractivity contribution in [3.8, 4) is 0 Å². The topological polar surface area (TPSA) is 62.6 Å². The van der Waals surface area contributed by atoms with Crippen molar-refractivity contribution in [2.45, 2.75) is 32.0 Å². The molecule has 0 saturated heterocycles. The van der Waals surface area contributed by atoms with Crippen LogP contribution < -0.4 is 5.32 Å². The number of nitrogens with one attached hydrogen (secondary N) is 1. The van der Waals surface area contributed by atoms with Crippen molar-refractivity contribution in [2.75, 3.05) is 14.1 Å². The Morgan fingerprint density at radius 1 is 1.24 bits per heavy atom. The molecule has 0 aliphatic carbocycles. The van der Waals surface area contributed by atoms with Gasteiger partial charge in [-0.2, -0.15) is 0 Å². The normalized spacial score (nSPS) is 12.2. The third kappa shape index (κ3) is 3.74. The van der Waals surface area contributed by atoms with E-state index in [2.05, 4.69) is 25.2 Å². The van der Waals surface area contributed by atoms with E-state index >= 15 is 0 Å². The van der Waals surface area contributed by atoms with Crippen LogP contribution in [0.3, 0.4) is 0 Å². The highest BCUT2D eigenvalue weighted by Crippen LogP contribution is 2.21. The second-order valence-electron chi connectivity index (χ2n) is 5.06. The molecule has 0 amide bonds. The molecule has 5 nitrogen and oxygen atoms in total. The summed E-state index contributed by atoms with van der Waals surface area (Å²) < 4.78 is 30.3. The van der Waals surface area contributed by atoms with Gasteiger partial charge in [0, 0.05) is 30.4 Å². The SMILES string of the molecule is Cc1cc(CNCc2ccc(S(=O)(=O)N(C)C)o2)sc1C. The second kappa shape index (κ2) is 6.31. The van der Waals surface area contributed by atoms with Gasteiger partial charge in [-0.05, 0) is 37.6 Å². The molecule has 116 valence electrons. The number of thiophene rings is 1. The van der Waals surface area contributed by atoms with Gasteiger partial charge in [0.1, 0.15) is 5.76 Å². The van der Waals surface area contributed by atoms with Crippen LogP contribution in [-0.4, -0.2) is 26.8 Å². The van der Waals surface area contributed by atoms with Gasteiger partial charge < -0.3 is 9.73 Å². The van der Waals surface area contributed by atoms with E-state index in [-0.39, 0.29) is 5.09 Å². The fourth-order valence-electron chi connectivity index (χ4n) is 1.82. The van der Waals surface area contributed by atoms with Gasteiger partial charge in [-0.3, -0.25) is 0 Å². The highest BCUT2D eigenvalue weighted by molar-refractivity contribution is 7.88. The summed E-state index contributed by atoms with van der Waals surface area (Å²) in [6.07, 6.45) is 0. The second-order valence-corrected chi connectivity index (χ2v) is 8.49. The third-order valence-electron chi connectivity index (χ3n) is 3.19. The maximum absolute atomic E-state index is 11.9. The van der Waals surface area contributed by atoms with Crippen molar-refractivity contribution >= 4 is 21.4 Å². The highest BCUT2D eigenvalue weighted by atomic mass is 32.2. The molecule has 0 saturated carbocycles. The largest absolute Gasteiger partial charge is 0.447 e. The maximum Gasteiger partial charge on any atom is 0.275 e. The first-order valence-corrected chi connectivity index (χ1v) is 8.84. The number of hydrogen-bond acceptors (Lipinski definition) is 5. The molecular weight excluding hydrogens is 308 g/mol. The van der Waals surface area contributed by atoms with Gasteiger partial charge in [-0.25, -0.2) is 12.7 Å². The molecule has 2 aromatic heterocycles. The van der Waals surface area contributed by atoms with E-state index in [1.165, 1.54) is 35.5 Å². The maximum atomic E-state index is 11.9. The monoisotopic (exact) mass is 328 g/mol. The predicted molar refractivity (Wildman–Crippen MR) is 83.9 cm³/mol. The molecule has 0 aromatic carbocycles. The molecule has 2 heterocycles. The number of nitrogens with zero attached hydrogens (tertiary/aromatic N) is 1. The van der Waals surface area contributed by atoms with Gasteiger partial charge in [0.2, 0.25) is 5.09 Å². The summed E-state index contributed by atoms with van der Waals surface area (Å²) >= 11 is 1.77. The predicted octanol–water partition coefficient (Wildman–Crippen LogP) is 2.50. The zero-order valence-corrected chi connectivity index (χ0v) is 14.3. The summed E-state index contributed by atoms with van der Waals surface area (Å²) in [5.74, 6) is 0.612. The van der Waals surface area contributed by atoms with Crippen LogP contribution in [-0.2, 0) is 23.1 Å². The molecule has 0 radical (unpaired) electrons. The molecule has 0 aliphatic rings. The van der Waals surface area contributed by atoms with Gasteiger partial charge in [-0.15, -0.1) is 11.3 Å². The molecule has 1 N–H and O–H groups in total. The van der Waals surface area contributed by atoms with Gasteiger partial charge in [0.05, 0.1) is 6.54 Å². The van der Waals surface area contributed by atoms with Crippen LogP contribution in [0.4, 0.5) is 0 Å². The van der Waals surface area contributed by atoms with Crippen molar-refractivity contribution in [1.82, 2.24) is 9.62 Å². The van der Waals surface area contributed by atoms with Crippen molar-refractivity contribution in [1.29, 1.82) is 0 Å². The fourth-order valence-corrected chi connectivity index (χ4v) is 3.65. The Hall–Kier alpha value is -1.15. The average molecular weight is 328 g/mol. The number of furan rings is 1. The van der Waals surface area contributed by atoms with Crippen LogP contribution in [0, 0.1) is 13.8 Å². The van der Waals surface area contributed by atoms with Crippen LogP contribution in [0.1, 0.15) is 21.1 Å². The number of rotatable bonds is 6. The average Bonchev–Trinajstić information content (AvgIpc) is 2.98. The smallest absolute Gasteiger partial charge is 0.275 e. The fraction of sp³-hybridized carbons (Fsp3) is 0.429. The molecule has 7 heteroatoms. The van der Waals surface area contributed by atoms with Gasteiger partial charge >= 0.3 is 0 Å². The zero-order valence-electron chi connectivity index (χ0n) is 12.6. The van der Waals surface area contributed by atoms with Crippen LogP contribution in [0.2, 0.25) is 0 Å². The molecule has 0 aliphatic heterocycles. The van der Waals surface area contributed by atoms with Crippen molar-refractivity contribution < 1.29 is 12.8 Å². The summed E-state index contributed by atoms with van der Waals surface area (Å²) in [6, 6.07) is 5.34. The van der Waals surface area contributed by atoms with E-state index in [0.29, 0.717) is 12.3 Å². The lowest BCUT2D eigenvalue weighted by atomic mass is 10.3. The summed E-state index contributed by atoms with van der Waals surface area (Å²) in [6.45, 7) is 5.45. The van der Waals surface area contributed by atoms with Gasteiger partial charge in [0.15, 0.2) is 0 Å². The molecule has 0 bridgehead atoms. The standard InChI is InChI=1S/C14H20N2O3S2/c1-10-7-13(20-11(10)2)9-15-8-12-5-6-14(19-12)21(17,18)16(3)4/h5-7,15H,8-9H2,1-4H3. The van der Waals surface area contributed by atoms with E-state index in [0.717, 1.165) is 10.8 Å². The Bertz CT molecular complexity index is 695. The molecule has 21 heavy (non-hydrogen) atoms. The Balaban J connectivity index is 1.94. The minimum atomic E-state index is -3.49. The van der Waals surface area contributed by atoms with Crippen LogP contribution in [0.25, 0.3) is 0 Å². The first-order valence-electron chi connectivity index (χ1n) is 6.58. The summed E-state index contributed by atoms with van der Waals surface area (Å²) in [5, 5.41) is 3.24. The van der Waals surface area contributed by atoms with E-state index in [4.69, 9.17) is 4.42 Å². The third-order valence-corrected chi connectivity index (χ3v) is 6.03. The van der Waals surface area contributed by atoms with E-state index < -0.39 is 10.0 Å². The Morgan fingerprint density at radius 3 is 2.52 bits per heavy atom. The molecule has 0 spiro atoms. The van der Waals surface area contributed by atoms with E-state index in [1.807, 2.05) is 0 Å². The van der Waals surface area contributed by atoms with Crippen LogP contribution in [0.15, 0.2) is 27.7 Å². The van der Waals surface area contributed by atoms with Gasteiger partial charge in [-0.1, -0.05) is 0 Å². The lowest BCUT2D eigenvalue weighted by Gasteiger charge is -2.07. The number of hydrogen-bond donors (Lipinski definition) is 1. The Labute approximate surface area is 129 Å². The Morgan fingerprint density at radius 2 is 1.95 bits per heavy atom. The first kappa shape index (κ1) is 16.2. The summed E-state index contributed by atoms with van der Waals surface area (Å²) in [5.41, 5.74) is 1.30. The molecule has 0 fully saturated rings. The van der Waals surface area contributed by atoms with E-state index in [9.17, 15) is 8.42 Å². The summed E-state index contributed by atoms with van der Waals surface area (Å²) in [7, 11) is -0.528. The van der Waals surface area contributed by atoms with Crippen molar-refractivity contribution in [3.63, 3.8) is 0 Å². The van der Waals surface area contributed by atoms with Crippen LogP contribution >= 0.6 is 11.3 Å². The molecule has 0 unspecified atom stereocenters. The zero-order chi connectivity index (χ0) is 15.6. The van der Waals surface area contributed by atoms with Crippen LogP contribution in [0.5, 0.6) is 0 Å². The first-order chi connectivity index (χ1) is 9.80.